The zero-order valence-corrected chi connectivity index (χ0v) is 5.98. The summed E-state index contributed by atoms with van der Waals surface area (Å²) in [7, 11) is 0. The third-order valence-electron chi connectivity index (χ3n) is 0.926. The predicted molar refractivity (Wildman–Crippen MR) is 37.9 cm³/mol. The van der Waals surface area contributed by atoms with Gasteiger partial charge in [0.1, 0.15) is 0 Å². The molecule has 0 aliphatic carbocycles. The normalized spacial score (nSPS) is 9.12. The summed E-state index contributed by atoms with van der Waals surface area (Å²) in [6.07, 6.45) is 0. The number of halogens is 1. The minimum Gasteiger partial charge on any atom is -0.0876 e. The second-order valence-electron chi connectivity index (χ2n) is 1.55. The van der Waals surface area contributed by atoms with Crippen LogP contribution in [0.2, 0.25) is 0 Å². The third kappa shape index (κ3) is 1.34. The maximum atomic E-state index is 3.34. The molecule has 0 atom stereocenters. The summed E-state index contributed by atoms with van der Waals surface area (Å²) in [4.78, 5) is 0. The van der Waals surface area contributed by atoms with Gasteiger partial charge < -0.3 is 0 Å². The van der Waals surface area contributed by atoms with Gasteiger partial charge in [-0.3, -0.25) is 0 Å². The molecule has 41 valence electrons. The van der Waals surface area contributed by atoms with Crippen molar-refractivity contribution in [2.45, 2.75) is 5.33 Å². The van der Waals surface area contributed by atoms with Crippen LogP contribution in [0.15, 0.2) is 24.3 Å². The summed E-state index contributed by atoms with van der Waals surface area (Å²) >= 11 is 3.34. The molecular weight excluding hydrogens is 164 g/mol. The van der Waals surface area contributed by atoms with Gasteiger partial charge in [-0.1, -0.05) is 40.2 Å². The predicted octanol–water partition coefficient (Wildman–Crippen LogP) is 2.38. The average molecular weight is 170 g/mol. The molecule has 0 fully saturated rings. The zero-order valence-electron chi connectivity index (χ0n) is 4.39. The Balaban J connectivity index is 2.83. The second kappa shape index (κ2) is 2.88. The molecule has 1 aromatic rings. The van der Waals surface area contributed by atoms with E-state index in [1.165, 1.54) is 5.56 Å². The van der Waals surface area contributed by atoms with Crippen LogP contribution in [0.5, 0.6) is 0 Å². The van der Waals surface area contributed by atoms with Crippen molar-refractivity contribution >= 4 is 15.9 Å². The van der Waals surface area contributed by atoms with Crippen molar-refractivity contribution < 1.29 is 0 Å². The van der Waals surface area contributed by atoms with E-state index in [0.717, 1.165) is 5.33 Å². The van der Waals surface area contributed by atoms with Crippen molar-refractivity contribution in [1.29, 1.82) is 0 Å². The quantitative estimate of drug-likeness (QED) is 0.567. The maximum absolute atomic E-state index is 3.34. The van der Waals surface area contributed by atoms with Gasteiger partial charge in [-0.05, 0) is 11.6 Å². The first-order valence-electron chi connectivity index (χ1n) is 2.44. The first-order chi connectivity index (χ1) is 3.93. The van der Waals surface area contributed by atoms with E-state index in [1.807, 2.05) is 18.2 Å². The van der Waals surface area contributed by atoms with Gasteiger partial charge in [0.05, 0.1) is 0 Å². The summed E-state index contributed by atoms with van der Waals surface area (Å²) in [5.74, 6) is 0. The van der Waals surface area contributed by atoms with Gasteiger partial charge in [-0.2, -0.15) is 0 Å². The number of hydrogen-bond donors (Lipinski definition) is 0. The molecule has 0 spiro atoms. The molecule has 0 aliphatic rings. The summed E-state index contributed by atoms with van der Waals surface area (Å²) in [6.45, 7) is 0. The highest BCUT2D eigenvalue weighted by Gasteiger charge is 1.81. The van der Waals surface area contributed by atoms with Crippen LogP contribution in [0.3, 0.4) is 0 Å². The van der Waals surface area contributed by atoms with Gasteiger partial charge >= 0.3 is 0 Å². The summed E-state index contributed by atoms with van der Waals surface area (Å²) in [6, 6.07) is 10.9. The molecule has 0 aromatic heterocycles. The minimum absolute atomic E-state index is 0.921. The highest BCUT2D eigenvalue weighted by molar-refractivity contribution is 9.08. The standard InChI is InChI=1S/C7H6Br/c8-6-7-4-2-1-3-5-7/h1-2,4-5H,6H2. The van der Waals surface area contributed by atoms with Crippen molar-refractivity contribution in [2.24, 2.45) is 0 Å². The molecule has 0 nitrogen and oxygen atoms in total. The molecule has 0 N–H and O–H groups in total. The molecule has 1 heteroatoms. The van der Waals surface area contributed by atoms with Crippen LogP contribution >= 0.6 is 15.9 Å². The molecule has 0 amide bonds. The Morgan fingerprint density at radius 3 is 2.88 bits per heavy atom. The monoisotopic (exact) mass is 169 g/mol. The Kier molecular flexibility index (Phi) is 2.10. The number of rotatable bonds is 1. The molecule has 0 saturated heterocycles. The first kappa shape index (κ1) is 5.83. The topological polar surface area (TPSA) is 0 Å². The second-order valence-corrected chi connectivity index (χ2v) is 2.11. The van der Waals surface area contributed by atoms with Gasteiger partial charge in [0.2, 0.25) is 0 Å². The zero-order chi connectivity index (χ0) is 5.82. The van der Waals surface area contributed by atoms with Gasteiger partial charge in [-0.15, -0.1) is 0 Å². The number of hydrogen-bond acceptors (Lipinski definition) is 0. The average Bonchev–Trinajstić information content (AvgIpc) is 1.90. The molecule has 1 aromatic carbocycles. The molecule has 1 radical (unpaired) electrons. The van der Waals surface area contributed by atoms with Crippen molar-refractivity contribution in [3.05, 3.63) is 35.9 Å². The van der Waals surface area contributed by atoms with Crippen molar-refractivity contribution in [1.82, 2.24) is 0 Å². The van der Waals surface area contributed by atoms with Crippen LogP contribution in [0.4, 0.5) is 0 Å². The first-order valence-corrected chi connectivity index (χ1v) is 3.56. The van der Waals surface area contributed by atoms with Crippen LogP contribution in [0.25, 0.3) is 0 Å². The summed E-state index contributed by atoms with van der Waals surface area (Å²) < 4.78 is 0. The molecule has 1 rings (SSSR count). The van der Waals surface area contributed by atoms with Crippen LogP contribution in [-0.2, 0) is 5.33 Å². The van der Waals surface area contributed by atoms with E-state index >= 15 is 0 Å². The van der Waals surface area contributed by atoms with E-state index in [1.54, 1.807) is 0 Å². The molecule has 0 bridgehead atoms. The number of benzene rings is 1. The Hall–Kier alpha value is -0.300. The van der Waals surface area contributed by atoms with Crippen molar-refractivity contribution in [2.75, 3.05) is 0 Å². The Morgan fingerprint density at radius 1 is 1.62 bits per heavy atom. The highest BCUT2D eigenvalue weighted by atomic mass is 79.9. The lowest BCUT2D eigenvalue weighted by atomic mass is 10.2. The van der Waals surface area contributed by atoms with E-state index in [-0.39, 0.29) is 0 Å². The third-order valence-corrected chi connectivity index (χ3v) is 1.57. The van der Waals surface area contributed by atoms with Gasteiger partial charge in [0, 0.05) is 5.33 Å². The van der Waals surface area contributed by atoms with E-state index in [4.69, 9.17) is 0 Å². The Morgan fingerprint density at radius 2 is 2.50 bits per heavy atom. The molecular formula is C7H6Br. The minimum atomic E-state index is 0.921. The van der Waals surface area contributed by atoms with E-state index in [2.05, 4.69) is 28.1 Å². The fourth-order valence-electron chi connectivity index (χ4n) is 0.514. The highest BCUT2D eigenvalue weighted by Crippen LogP contribution is 2.01. The largest absolute Gasteiger partial charge is 0.0876 e. The maximum Gasteiger partial charge on any atom is 0.0283 e. The van der Waals surface area contributed by atoms with Gasteiger partial charge in [0.25, 0.3) is 0 Å². The van der Waals surface area contributed by atoms with Crippen LogP contribution < -0.4 is 0 Å². The van der Waals surface area contributed by atoms with Gasteiger partial charge in [0.15, 0.2) is 0 Å². The Labute approximate surface area is 57.7 Å². The van der Waals surface area contributed by atoms with Crippen LogP contribution in [-0.4, -0.2) is 0 Å². The number of alkyl halides is 1. The van der Waals surface area contributed by atoms with E-state index < -0.39 is 0 Å². The van der Waals surface area contributed by atoms with Gasteiger partial charge in [-0.25, -0.2) is 0 Å². The smallest absolute Gasteiger partial charge is 0.0283 e. The van der Waals surface area contributed by atoms with E-state index in [9.17, 15) is 0 Å². The Bertz CT molecular complexity index is 146. The lowest BCUT2D eigenvalue weighted by molar-refractivity contribution is 1.43. The molecule has 0 unspecified atom stereocenters. The molecule has 0 aliphatic heterocycles. The summed E-state index contributed by atoms with van der Waals surface area (Å²) in [5.41, 5.74) is 1.27. The fourth-order valence-corrected chi connectivity index (χ4v) is 0.862. The molecule has 8 heavy (non-hydrogen) atoms. The SMILES string of the molecule is BrCc1c[c]ccc1. The summed E-state index contributed by atoms with van der Waals surface area (Å²) in [5, 5.41) is 0.921. The lowest BCUT2D eigenvalue weighted by Crippen LogP contribution is -1.71. The van der Waals surface area contributed by atoms with Crippen LogP contribution in [0, 0.1) is 6.07 Å². The lowest BCUT2D eigenvalue weighted by Gasteiger charge is -1.87. The van der Waals surface area contributed by atoms with Crippen molar-refractivity contribution in [3.8, 4) is 0 Å². The van der Waals surface area contributed by atoms with Crippen LogP contribution in [0.1, 0.15) is 5.56 Å². The molecule has 0 saturated carbocycles. The molecule has 0 heterocycles. The van der Waals surface area contributed by atoms with Crippen molar-refractivity contribution in [3.63, 3.8) is 0 Å². The van der Waals surface area contributed by atoms with E-state index in [0.29, 0.717) is 0 Å². The fraction of sp³-hybridized carbons (Fsp3) is 0.143.